The first-order valence-electron chi connectivity index (χ1n) is 7.30. The Morgan fingerprint density at radius 2 is 2.10 bits per heavy atom. The van der Waals surface area contributed by atoms with Crippen molar-refractivity contribution < 1.29 is 29.6 Å². The van der Waals surface area contributed by atoms with Gasteiger partial charge in [0.15, 0.2) is 0 Å². The topological polar surface area (TPSA) is 93.1 Å². The number of esters is 1. The molecule has 2 aliphatic carbocycles. The van der Waals surface area contributed by atoms with Crippen LogP contribution < -0.4 is 0 Å². The molecular weight excluding hydrogens is 276 g/mol. The van der Waals surface area contributed by atoms with Crippen molar-refractivity contribution in [3.05, 3.63) is 11.6 Å². The fourth-order valence-corrected chi connectivity index (χ4v) is 4.80. The summed E-state index contributed by atoms with van der Waals surface area (Å²) >= 11 is 0. The first kappa shape index (κ1) is 14.5. The van der Waals surface area contributed by atoms with E-state index in [0.29, 0.717) is 18.4 Å². The number of carboxylic acids is 1. The van der Waals surface area contributed by atoms with Crippen LogP contribution in [0.1, 0.15) is 46.0 Å². The zero-order valence-electron chi connectivity index (χ0n) is 12.2. The standard InChI is InChI=1S/C15H20O6/c1-13-5-3-6-14(2,12(17)18)9(13)4-7-15(21-19)10(13)8-11(16)20-15/h8-9,19H,3-7H2,1-2H3,(H,17,18). The predicted octanol–water partition coefficient (Wildman–Crippen LogP) is 2.35. The number of hydrogen-bond acceptors (Lipinski definition) is 5. The van der Waals surface area contributed by atoms with E-state index in [1.807, 2.05) is 6.92 Å². The summed E-state index contributed by atoms with van der Waals surface area (Å²) in [6.45, 7) is 3.74. The number of carboxylic acid groups (broad SMARTS) is 1. The highest BCUT2D eigenvalue weighted by atomic mass is 17.1. The summed E-state index contributed by atoms with van der Waals surface area (Å²) in [6, 6.07) is 0. The van der Waals surface area contributed by atoms with E-state index in [9.17, 15) is 20.0 Å². The molecule has 3 rings (SSSR count). The van der Waals surface area contributed by atoms with Gasteiger partial charge in [-0.2, -0.15) is 4.89 Å². The summed E-state index contributed by atoms with van der Waals surface area (Å²) in [5.74, 6) is -2.87. The van der Waals surface area contributed by atoms with Crippen molar-refractivity contribution in [3.8, 4) is 0 Å². The number of aliphatic carboxylic acids is 1. The summed E-state index contributed by atoms with van der Waals surface area (Å²) in [7, 11) is 0. The van der Waals surface area contributed by atoms with Gasteiger partial charge in [-0.25, -0.2) is 10.1 Å². The number of carbonyl (C=O) groups is 2. The van der Waals surface area contributed by atoms with Crippen LogP contribution in [-0.2, 0) is 19.2 Å². The van der Waals surface area contributed by atoms with E-state index in [2.05, 4.69) is 4.89 Å². The SMILES string of the molecule is CC1(C(=O)O)CCCC2(C)C3=CC(=O)OC3(OO)CCC12. The van der Waals surface area contributed by atoms with Crippen molar-refractivity contribution in [3.63, 3.8) is 0 Å². The second-order valence-electron chi connectivity index (χ2n) is 6.91. The monoisotopic (exact) mass is 296 g/mol. The van der Waals surface area contributed by atoms with Gasteiger partial charge >= 0.3 is 11.9 Å². The van der Waals surface area contributed by atoms with Gasteiger partial charge in [-0.1, -0.05) is 13.3 Å². The van der Waals surface area contributed by atoms with Crippen molar-refractivity contribution in [2.75, 3.05) is 0 Å². The molecule has 21 heavy (non-hydrogen) atoms. The molecule has 2 fully saturated rings. The minimum atomic E-state index is -1.42. The van der Waals surface area contributed by atoms with Crippen LogP contribution in [0.3, 0.4) is 0 Å². The van der Waals surface area contributed by atoms with Crippen LogP contribution in [0.2, 0.25) is 0 Å². The molecule has 1 heterocycles. The van der Waals surface area contributed by atoms with Crippen LogP contribution in [0.5, 0.6) is 0 Å². The zero-order chi connectivity index (χ0) is 15.5. The molecule has 0 radical (unpaired) electrons. The summed E-state index contributed by atoms with van der Waals surface area (Å²) in [4.78, 5) is 28.0. The predicted molar refractivity (Wildman–Crippen MR) is 71.0 cm³/mol. The van der Waals surface area contributed by atoms with E-state index >= 15 is 0 Å². The second-order valence-corrected chi connectivity index (χ2v) is 6.91. The minimum Gasteiger partial charge on any atom is -0.481 e. The molecule has 2 N–H and O–H groups in total. The summed E-state index contributed by atoms with van der Waals surface area (Å²) in [5, 5.41) is 18.9. The maximum absolute atomic E-state index is 11.8. The lowest BCUT2D eigenvalue weighted by atomic mass is 9.48. The fourth-order valence-electron chi connectivity index (χ4n) is 4.80. The molecule has 0 aromatic carbocycles. The van der Waals surface area contributed by atoms with Gasteiger partial charge in [0.1, 0.15) is 0 Å². The Morgan fingerprint density at radius 1 is 1.38 bits per heavy atom. The van der Waals surface area contributed by atoms with E-state index in [1.54, 1.807) is 6.92 Å². The van der Waals surface area contributed by atoms with E-state index in [0.717, 1.165) is 12.8 Å². The number of carbonyl (C=O) groups excluding carboxylic acids is 1. The van der Waals surface area contributed by atoms with E-state index in [4.69, 9.17) is 4.74 Å². The van der Waals surface area contributed by atoms with E-state index < -0.39 is 28.6 Å². The van der Waals surface area contributed by atoms with Crippen LogP contribution in [-0.4, -0.2) is 28.1 Å². The maximum Gasteiger partial charge on any atom is 0.333 e. The Labute approximate surface area is 122 Å². The Hall–Kier alpha value is -1.40. The van der Waals surface area contributed by atoms with Crippen LogP contribution in [0, 0.1) is 16.7 Å². The third-order valence-electron chi connectivity index (χ3n) is 5.88. The van der Waals surface area contributed by atoms with Crippen molar-refractivity contribution >= 4 is 11.9 Å². The lowest BCUT2D eigenvalue weighted by Crippen LogP contribution is -2.56. The largest absolute Gasteiger partial charge is 0.481 e. The summed E-state index contributed by atoms with van der Waals surface area (Å²) in [6.07, 6.45) is 4.32. The molecule has 1 aliphatic heterocycles. The zero-order valence-corrected chi connectivity index (χ0v) is 12.2. The second kappa shape index (κ2) is 4.30. The Bertz CT molecular complexity index is 540. The lowest BCUT2D eigenvalue weighted by Gasteiger charge is -2.56. The van der Waals surface area contributed by atoms with Crippen molar-refractivity contribution in [2.24, 2.45) is 16.7 Å². The number of hydrogen-bond donors (Lipinski definition) is 2. The van der Waals surface area contributed by atoms with Crippen molar-refractivity contribution in [1.82, 2.24) is 0 Å². The molecule has 3 aliphatic rings. The third kappa shape index (κ3) is 1.72. The number of ether oxygens (including phenoxy) is 1. The highest BCUT2D eigenvalue weighted by molar-refractivity contribution is 5.87. The van der Waals surface area contributed by atoms with Crippen molar-refractivity contribution in [1.29, 1.82) is 0 Å². The van der Waals surface area contributed by atoms with E-state index in [1.165, 1.54) is 6.08 Å². The van der Waals surface area contributed by atoms with Gasteiger partial charge in [0, 0.05) is 18.1 Å². The molecule has 6 heteroatoms. The molecule has 0 aromatic rings. The van der Waals surface area contributed by atoms with Gasteiger partial charge in [0.05, 0.1) is 5.41 Å². The van der Waals surface area contributed by atoms with E-state index in [-0.39, 0.29) is 12.3 Å². The summed E-state index contributed by atoms with van der Waals surface area (Å²) in [5.41, 5.74) is -0.759. The molecule has 0 aromatic heterocycles. The van der Waals surface area contributed by atoms with Gasteiger partial charge in [0.25, 0.3) is 5.79 Å². The first-order valence-corrected chi connectivity index (χ1v) is 7.30. The third-order valence-corrected chi connectivity index (χ3v) is 5.88. The first-order chi connectivity index (χ1) is 9.78. The molecule has 0 saturated heterocycles. The summed E-state index contributed by atoms with van der Waals surface area (Å²) < 4.78 is 5.19. The molecule has 0 bridgehead atoms. The van der Waals surface area contributed by atoms with Crippen LogP contribution >= 0.6 is 0 Å². The molecule has 4 unspecified atom stereocenters. The van der Waals surface area contributed by atoms with Crippen LogP contribution in [0.15, 0.2) is 11.6 Å². The van der Waals surface area contributed by atoms with Gasteiger partial charge in [-0.15, -0.1) is 0 Å². The Kier molecular flexibility index (Phi) is 2.98. The molecule has 4 atom stereocenters. The fraction of sp³-hybridized carbons (Fsp3) is 0.733. The maximum atomic E-state index is 11.8. The van der Waals surface area contributed by atoms with Gasteiger partial charge in [-0.05, 0) is 37.5 Å². The average Bonchev–Trinajstić information content (AvgIpc) is 2.77. The smallest absolute Gasteiger partial charge is 0.333 e. The molecule has 116 valence electrons. The van der Waals surface area contributed by atoms with Crippen LogP contribution in [0.25, 0.3) is 0 Å². The molecule has 6 nitrogen and oxygen atoms in total. The minimum absolute atomic E-state index is 0.111. The van der Waals surface area contributed by atoms with Crippen LogP contribution in [0.4, 0.5) is 0 Å². The van der Waals surface area contributed by atoms with Gasteiger partial charge in [0.2, 0.25) is 0 Å². The number of fused-ring (bicyclic) bond motifs is 3. The Balaban J connectivity index is 2.09. The highest BCUT2D eigenvalue weighted by Crippen LogP contribution is 2.63. The average molecular weight is 296 g/mol. The Morgan fingerprint density at radius 3 is 2.71 bits per heavy atom. The quantitative estimate of drug-likeness (QED) is 0.461. The number of rotatable bonds is 2. The highest BCUT2D eigenvalue weighted by Gasteiger charge is 2.64. The molecule has 0 amide bonds. The lowest BCUT2D eigenvalue weighted by molar-refractivity contribution is -0.385. The van der Waals surface area contributed by atoms with Crippen molar-refractivity contribution in [2.45, 2.75) is 51.7 Å². The van der Waals surface area contributed by atoms with Gasteiger partial charge < -0.3 is 9.84 Å². The molecule has 0 spiro atoms. The van der Waals surface area contributed by atoms with Gasteiger partial charge in [-0.3, -0.25) is 4.79 Å². The normalized spacial score (nSPS) is 45.4. The molecule has 2 saturated carbocycles. The molecular formula is C15H20O6.